The molecule has 5 nitrogen and oxygen atoms in total. The van der Waals surface area contributed by atoms with Crippen LogP contribution in [0.3, 0.4) is 0 Å². The Morgan fingerprint density at radius 2 is 1.79 bits per heavy atom. The predicted molar refractivity (Wildman–Crippen MR) is 112 cm³/mol. The normalized spacial score (nSPS) is 11.3. The molecule has 2 aromatic carbocycles. The van der Waals surface area contributed by atoms with Crippen molar-refractivity contribution in [2.24, 2.45) is 0 Å². The van der Waals surface area contributed by atoms with Crippen LogP contribution in [0.2, 0.25) is 5.02 Å². The second-order valence-corrected chi connectivity index (χ2v) is 8.60. The number of halogens is 1. The molecule has 0 aliphatic carbocycles. The van der Waals surface area contributed by atoms with Gasteiger partial charge in [-0.25, -0.2) is 13.4 Å². The molecule has 3 aromatic rings. The Kier molecular flexibility index (Phi) is 5.91. The van der Waals surface area contributed by atoms with E-state index in [2.05, 4.69) is 10.3 Å². The summed E-state index contributed by atoms with van der Waals surface area (Å²) in [5.74, 6) is 0.836. The molecule has 0 amide bonds. The fourth-order valence-corrected chi connectivity index (χ4v) is 4.30. The average Bonchev–Trinajstić information content (AvgIpc) is 2.69. The van der Waals surface area contributed by atoms with E-state index in [-0.39, 0.29) is 15.6 Å². The summed E-state index contributed by atoms with van der Waals surface area (Å²) in [6, 6.07) is 15.2. The Morgan fingerprint density at radius 1 is 1.07 bits per heavy atom. The van der Waals surface area contributed by atoms with E-state index in [0.717, 1.165) is 12.0 Å². The molecule has 0 aliphatic heterocycles. The number of ether oxygens (including phenoxy) is 1. The monoisotopic (exact) mass is 416 g/mol. The van der Waals surface area contributed by atoms with E-state index in [1.165, 1.54) is 0 Å². The van der Waals surface area contributed by atoms with Gasteiger partial charge in [-0.15, -0.1) is 0 Å². The highest BCUT2D eigenvalue weighted by atomic mass is 35.5. The van der Waals surface area contributed by atoms with Gasteiger partial charge in [0.05, 0.1) is 22.7 Å². The van der Waals surface area contributed by atoms with Gasteiger partial charge in [0.25, 0.3) is 0 Å². The summed E-state index contributed by atoms with van der Waals surface area (Å²) in [6.45, 7) is 3.82. The first-order chi connectivity index (χ1) is 13.3. The molecule has 1 aromatic heterocycles. The summed E-state index contributed by atoms with van der Waals surface area (Å²) >= 11 is 6.30. The van der Waals surface area contributed by atoms with Gasteiger partial charge in [-0.1, -0.05) is 30.7 Å². The quantitative estimate of drug-likeness (QED) is 0.598. The van der Waals surface area contributed by atoms with Crippen LogP contribution < -0.4 is 10.1 Å². The molecule has 0 atom stereocenters. The van der Waals surface area contributed by atoms with Crippen molar-refractivity contribution in [1.82, 2.24) is 4.98 Å². The Morgan fingerprint density at radius 3 is 2.39 bits per heavy atom. The Labute approximate surface area is 170 Å². The first kappa shape index (κ1) is 20.2. The highest BCUT2D eigenvalue weighted by Gasteiger charge is 2.23. The SMILES string of the molecule is CCc1ccc(S(=O)(=O)c2ccc(C)nc2Nc2ccc(OC)cc2Cl)cc1. The largest absolute Gasteiger partial charge is 0.497 e. The van der Waals surface area contributed by atoms with Crippen LogP contribution in [0.4, 0.5) is 11.5 Å². The zero-order valence-corrected chi connectivity index (χ0v) is 17.4. The predicted octanol–water partition coefficient (Wildman–Crippen LogP) is 5.19. The number of aryl methyl sites for hydroxylation is 2. The summed E-state index contributed by atoms with van der Waals surface area (Å²) < 4.78 is 31.6. The standard InChI is InChI=1S/C21H21ClN2O3S/c1-4-15-6-9-17(10-7-15)28(25,26)20-12-5-14(2)23-21(20)24-19-11-8-16(27-3)13-18(19)22/h5-13H,4H2,1-3H3,(H,23,24). The number of sulfone groups is 1. The van der Waals surface area contributed by atoms with Crippen molar-refractivity contribution in [3.63, 3.8) is 0 Å². The minimum absolute atomic E-state index is 0.0919. The minimum Gasteiger partial charge on any atom is -0.497 e. The second-order valence-electron chi connectivity index (χ2n) is 6.27. The van der Waals surface area contributed by atoms with Crippen molar-refractivity contribution in [1.29, 1.82) is 0 Å². The van der Waals surface area contributed by atoms with Gasteiger partial charge in [-0.3, -0.25) is 0 Å². The van der Waals surface area contributed by atoms with Gasteiger partial charge in [0.2, 0.25) is 9.84 Å². The van der Waals surface area contributed by atoms with Crippen LogP contribution in [-0.4, -0.2) is 20.5 Å². The van der Waals surface area contributed by atoms with Crippen molar-refractivity contribution < 1.29 is 13.2 Å². The molecule has 0 saturated heterocycles. The lowest BCUT2D eigenvalue weighted by Crippen LogP contribution is -2.08. The number of anilines is 2. The molecule has 0 bridgehead atoms. The van der Waals surface area contributed by atoms with E-state index in [1.54, 1.807) is 56.5 Å². The number of pyridine rings is 1. The summed E-state index contributed by atoms with van der Waals surface area (Å²) in [5.41, 5.74) is 2.30. The molecule has 28 heavy (non-hydrogen) atoms. The van der Waals surface area contributed by atoms with Crippen molar-refractivity contribution in [2.75, 3.05) is 12.4 Å². The molecule has 3 rings (SSSR count). The van der Waals surface area contributed by atoms with Gasteiger partial charge in [0, 0.05) is 11.8 Å². The van der Waals surface area contributed by atoms with E-state index in [0.29, 0.717) is 22.2 Å². The summed E-state index contributed by atoms with van der Waals surface area (Å²) in [4.78, 5) is 4.71. The molecule has 1 N–H and O–H groups in total. The Hall–Kier alpha value is -2.57. The van der Waals surface area contributed by atoms with Crippen LogP contribution >= 0.6 is 11.6 Å². The zero-order valence-electron chi connectivity index (χ0n) is 15.9. The van der Waals surface area contributed by atoms with Gasteiger partial charge < -0.3 is 10.1 Å². The van der Waals surface area contributed by atoms with Crippen LogP contribution in [0.5, 0.6) is 5.75 Å². The molecule has 146 valence electrons. The molecular formula is C21H21ClN2O3S. The number of nitrogens with zero attached hydrogens (tertiary/aromatic N) is 1. The summed E-state index contributed by atoms with van der Waals surface area (Å²) in [6.07, 6.45) is 0.842. The van der Waals surface area contributed by atoms with Crippen molar-refractivity contribution in [3.05, 3.63) is 70.9 Å². The third-order valence-corrected chi connectivity index (χ3v) is 6.47. The summed E-state index contributed by atoms with van der Waals surface area (Å²) in [7, 11) is -2.20. The van der Waals surface area contributed by atoms with Crippen LogP contribution in [0.15, 0.2) is 64.4 Å². The van der Waals surface area contributed by atoms with Gasteiger partial charge >= 0.3 is 0 Å². The van der Waals surface area contributed by atoms with Crippen LogP contribution in [0.1, 0.15) is 18.2 Å². The molecule has 7 heteroatoms. The lowest BCUT2D eigenvalue weighted by Gasteiger charge is -2.14. The molecule has 0 radical (unpaired) electrons. The van der Waals surface area contributed by atoms with Gasteiger partial charge in [-0.2, -0.15) is 0 Å². The Bertz CT molecular complexity index is 1100. The molecule has 0 saturated carbocycles. The van der Waals surface area contributed by atoms with E-state index < -0.39 is 9.84 Å². The van der Waals surface area contributed by atoms with E-state index >= 15 is 0 Å². The first-order valence-corrected chi connectivity index (χ1v) is 10.6. The highest BCUT2D eigenvalue weighted by Crippen LogP contribution is 2.33. The molecule has 0 spiro atoms. The lowest BCUT2D eigenvalue weighted by atomic mass is 10.2. The van der Waals surface area contributed by atoms with Crippen molar-refractivity contribution in [3.8, 4) is 5.75 Å². The van der Waals surface area contributed by atoms with E-state index in [1.807, 2.05) is 19.1 Å². The van der Waals surface area contributed by atoms with Crippen molar-refractivity contribution >= 4 is 32.9 Å². The van der Waals surface area contributed by atoms with Gasteiger partial charge in [0.1, 0.15) is 16.5 Å². The number of benzene rings is 2. The zero-order chi connectivity index (χ0) is 20.3. The fourth-order valence-electron chi connectivity index (χ4n) is 2.73. The van der Waals surface area contributed by atoms with E-state index in [4.69, 9.17) is 16.3 Å². The van der Waals surface area contributed by atoms with Crippen LogP contribution in [0, 0.1) is 6.92 Å². The molecule has 1 heterocycles. The second kappa shape index (κ2) is 8.20. The molecule has 0 fully saturated rings. The number of nitrogens with one attached hydrogen (secondary N) is 1. The first-order valence-electron chi connectivity index (χ1n) is 8.77. The number of rotatable bonds is 6. The minimum atomic E-state index is -3.75. The maximum atomic E-state index is 13.2. The fraction of sp³-hybridized carbons (Fsp3) is 0.190. The third-order valence-electron chi connectivity index (χ3n) is 4.36. The number of hydrogen-bond acceptors (Lipinski definition) is 5. The number of hydrogen-bond donors (Lipinski definition) is 1. The lowest BCUT2D eigenvalue weighted by molar-refractivity contribution is 0.415. The number of aromatic nitrogens is 1. The molecule has 0 unspecified atom stereocenters. The topological polar surface area (TPSA) is 68.3 Å². The maximum Gasteiger partial charge on any atom is 0.210 e. The van der Waals surface area contributed by atoms with Gasteiger partial charge in [0.15, 0.2) is 0 Å². The highest BCUT2D eigenvalue weighted by molar-refractivity contribution is 7.91. The van der Waals surface area contributed by atoms with Crippen LogP contribution in [0.25, 0.3) is 0 Å². The maximum absolute atomic E-state index is 13.2. The van der Waals surface area contributed by atoms with E-state index in [9.17, 15) is 8.42 Å². The van der Waals surface area contributed by atoms with Crippen molar-refractivity contribution in [2.45, 2.75) is 30.1 Å². The summed E-state index contributed by atoms with van der Waals surface area (Å²) in [5, 5.41) is 3.45. The van der Waals surface area contributed by atoms with Gasteiger partial charge in [-0.05, 0) is 55.3 Å². The molecule has 0 aliphatic rings. The number of methoxy groups -OCH3 is 1. The smallest absolute Gasteiger partial charge is 0.210 e. The molecular weight excluding hydrogens is 396 g/mol. The Balaban J connectivity index is 2.05. The average molecular weight is 417 g/mol. The third kappa shape index (κ3) is 4.13. The van der Waals surface area contributed by atoms with Crippen LogP contribution in [-0.2, 0) is 16.3 Å².